The lowest BCUT2D eigenvalue weighted by molar-refractivity contribution is 0.625. The lowest BCUT2D eigenvalue weighted by Crippen LogP contribution is -2.37. The van der Waals surface area contributed by atoms with Gasteiger partial charge in [-0.2, -0.15) is 11.8 Å². The number of halogens is 1. The molecule has 1 aromatic carbocycles. The van der Waals surface area contributed by atoms with Crippen molar-refractivity contribution < 1.29 is 4.39 Å². The molecule has 0 atom stereocenters. The van der Waals surface area contributed by atoms with Crippen molar-refractivity contribution in [2.24, 2.45) is 12.0 Å². The predicted molar refractivity (Wildman–Crippen MR) is 106 cm³/mol. The van der Waals surface area contributed by atoms with E-state index in [1.165, 1.54) is 6.07 Å². The largest absolute Gasteiger partial charge is 0.353 e. The van der Waals surface area contributed by atoms with E-state index in [2.05, 4.69) is 32.4 Å². The lowest BCUT2D eigenvalue weighted by Gasteiger charge is -2.12. The van der Waals surface area contributed by atoms with Crippen LogP contribution in [0.2, 0.25) is 0 Å². The number of rotatable bonds is 8. The van der Waals surface area contributed by atoms with Crippen LogP contribution >= 0.6 is 11.8 Å². The normalized spacial score (nSPS) is 11.5. The van der Waals surface area contributed by atoms with E-state index in [1.807, 2.05) is 24.8 Å². The number of aryl methyl sites for hydroxylation is 1. The molecule has 0 unspecified atom stereocenters. The van der Waals surface area contributed by atoms with Crippen LogP contribution in [0.1, 0.15) is 22.8 Å². The van der Waals surface area contributed by atoms with Gasteiger partial charge < -0.3 is 15.2 Å². The Hall–Kier alpha value is -2.35. The van der Waals surface area contributed by atoms with E-state index >= 15 is 0 Å². The van der Waals surface area contributed by atoms with Gasteiger partial charge in [0, 0.05) is 19.3 Å². The van der Waals surface area contributed by atoms with Gasteiger partial charge in [0.1, 0.15) is 11.6 Å². The molecule has 26 heavy (non-hydrogen) atoms. The molecule has 1 heterocycles. The Labute approximate surface area is 158 Å². The van der Waals surface area contributed by atoms with Gasteiger partial charge in [0.2, 0.25) is 0 Å². The van der Waals surface area contributed by atoms with Crippen LogP contribution < -0.4 is 10.6 Å². The Bertz CT molecular complexity index is 771. The minimum atomic E-state index is -0.220. The van der Waals surface area contributed by atoms with Crippen molar-refractivity contribution in [3.05, 3.63) is 59.4 Å². The number of thioether (sulfide) groups is 1. The summed E-state index contributed by atoms with van der Waals surface area (Å²) in [6.07, 6.45) is 3.76. The zero-order chi connectivity index (χ0) is 18.9. The van der Waals surface area contributed by atoms with Gasteiger partial charge in [0.25, 0.3) is 0 Å². The minimum Gasteiger partial charge on any atom is -0.353 e. The summed E-state index contributed by atoms with van der Waals surface area (Å²) in [5, 5.41) is 14.6. The van der Waals surface area contributed by atoms with Gasteiger partial charge in [-0.1, -0.05) is 12.1 Å². The second kappa shape index (κ2) is 9.96. The van der Waals surface area contributed by atoms with Crippen LogP contribution in [0, 0.1) is 12.7 Å². The molecule has 0 bridgehead atoms. The molecule has 0 aliphatic carbocycles. The first-order valence-electron chi connectivity index (χ1n) is 8.29. The molecule has 0 fully saturated rings. The smallest absolute Gasteiger partial charge is 0.192 e. The van der Waals surface area contributed by atoms with Gasteiger partial charge >= 0.3 is 0 Å². The first kappa shape index (κ1) is 20.0. The molecule has 2 N–H and O–H groups in total. The summed E-state index contributed by atoms with van der Waals surface area (Å²) < 4.78 is 15.4. The highest BCUT2D eigenvalue weighted by Crippen LogP contribution is 2.17. The van der Waals surface area contributed by atoms with Crippen LogP contribution in [0.25, 0.3) is 0 Å². The molecule has 0 radical (unpaired) electrons. The van der Waals surface area contributed by atoms with Crippen LogP contribution in [0.5, 0.6) is 0 Å². The van der Waals surface area contributed by atoms with Gasteiger partial charge in [-0.05, 0) is 36.4 Å². The Morgan fingerprint density at radius 1 is 1.35 bits per heavy atom. The third kappa shape index (κ3) is 5.59. The average Bonchev–Trinajstić information content (AvgIpc) is 2.94. The van der Waals surface area contributed by atoms with E-state index in [9.17, 15) is 4.39 Å². The molecule has 2 rings (SSSR count). The Morgan fingerprint density at radius 3 is 2.81 bits per heavy atom. The second-order valence-corrected chi connectivity index (χ2v) is 6.62. The molecule has 1 aromatic heterocycles. The van der Waals surface area contributed by atoms with Crippen molar-refractivity contribution in [1.82, 2.24) is 25.4 Å². The summed E-state index contributed by atoms with van der Waals surface area (Å²) in [7, 11) is 1.92. The Morgan fingerprint density at radius 2 is 2.15 bits per heavy atom. The number of guanidine groups is 1. The molecule has 8 heteroatoms. The number of nitrogens with one attached hydrogen (secondary N) is 2. The molecule has 0 aliphatic heterocycles. The molecule has 0 saturated carbocycles. The maximum atomic E-state index is 13.5. The maximum absolute atomic E-state index is 13.5. The third-order valence-corrected chi connectivity index (χ3v) is 4.49. The first-order chi connectivity index (χ1) is 12.5. The summed E-state index contributed by atoms with van der Waals surface area (Å²) in [5.41, 5.74) is 1.98. The number of hydrogen-bond acceptors (Lipinski definition) is 4. The van der Waals surface area contributed by atoms with Crippen LogP contribution in [-0.4, -0.2) is 33.5 Å². The number of nitrogens with zero attached hydrogens (tertiary/aromatic N) is 4. The second-order valence-electron chi connectivity index (χ2n) is 5.76. The third-order valence-electron chi connectivity index (χ3n) is 3.89. The van der Waals surface area contributed by atoms with Crippen LogP contribution in [0.3, 0.4) is 0 Å². The minimum absolute atomic E-state index is 0.220. The predicted octanol–water partition coefficient (Wildman–Crippen LogP) is 2.55. The lowest BCUT2D eigenvalue weighted by atomic mass is 10.1. The van der Waals surface area contributed by atoms with Crippen molar-refractivity contribution in [3.63, 3.8) is 0 Å². The SMILES string of the molecule is C=CCNC(=NCc1ccc(F)cc1CSC)NCc1nnc(C)n1C. The fraction of sp³-hybridized carbons (Fsp3) is 0.389. The van der Waals surface area contributed by atoms with E-state index in [0.29, 0.717) is 25.6 Å². The zero-order valence-electron chi connectivity index (χ0n) is 15.4. The first-order valence-corrected chi connectivity index (χ1v) is 9.68. The molecular weight excluding hydrogens is 351 g/mol. The Balaban J connectivity index is 2.10. The van der Waals surface area contributed by atoms with E-state index in [0.717, 1.165) is 28.5 Å². The van der Waals surface area contributed by atoms with E-state index < -0.39 is 0 Å². The maximum Gasteiger partial charge on any atom is 0.192 e. The fourth-order valence-corrected chi connectivity index (χ4v) is 2.89. The highest BCUT2D eigenvalue weighted by molar-refractivity contribution is 7.97. The molecular formula is C18H25FN6S. The van der Waals surface area contributed by atoms with E-state index in [-0.39, 0.29) is 5.82 Å². The summed E-state index contributed by atoms with van der Waals surface area (Å²) in [6, 6.07) is 4.84. The van der Waals surface area contributed by atoms with Crippen LogP contribution in [0.4, 0.5) is 4.39 Å². The van der Waals surface area contributed by atoms with Crippen molar-refractivity contribution in [2.75, 3.05) is 12.8 Å². The van der Waals surface area contributed by atoms with Gasteiger partial charge in [0.05, 0.1) is 13.1 Å². The monoisotopic (exact) mass is 376 g/mol. The van der Waals surface area contributed by atoms with Gasteiger partial charge in [-0.3, -0.25) is 0 Å². The summed E-state index contributed by atoms with van der Waals surface area (Å²) in [5.74, 6) is 2.85. The zero-order valence-corrected chi connectivity index (χ0v) is 16.2. The average molecular weight is 377 g/mol. The number of aromatic nitrogens is 3. The molecule has 0 aliphatic rings. The van der Waals surface area contributed by atoms with Crippen LogP contribution in [0.15, 0.2) is 35.8 Å². The van der Waals surface area contributed by atoms with Crippen molar-refractivity contribution >= 4 is 17.7 Å². The number of hydrogen-bond donors (Lipinski definition) is 2. The number of aliphatic imine (C=N–C) groups is 1. The van der Waals surface area contributed by atoms with Crippen molar-refractivity contribution in [2.45, 2.75) is 25.8 Å². The van der Waals surface area contributed by atoms with E-state index in [4.69, 9.17) is 0 Å². The van der Waals surface area contributed by atoms with Gasteiger partial charge in [-0.15, -0.1) is 16.8 Å². The topological polar surface area (TPSA) is 67.1 Å². The highest BCUT2D eigenvalue weighted by Gasteiger charge is 2.07. The molecule has 6 nitrogen and oxygen atoms in total. The fourth-order valence-electron chi connectivity index (χ4n) is 2.31. The number of benzene rings is 1. The molecule has 140 valence electrons. The molecule has 0 spiro atoms. The van der Waals surface area contributed by atoms with Crippen molar-refractivity contribution in [3.8, 4) is 0 Å². The highest BCUT2D eigenvalue weighted by atomic mass is 32.2. The van der Waals surface area contributed by atoms with Gasteiger partial charge in [-0.25, -0.2) is 9.38 Å². The molecule has 0 saturated heterocycles. The molecule has 2 aromatic rings. The van der Waals surface area contributed by atoms with Gasteiger partial charge in [0.15, 0.2) is 11.8 Å². The Kier molecular flexibility index (Phi) is 7.65. The van der Waals surface area contributed by atoms with E-state index in [1.54, 1.807) is 30.0 Å². The summed E-state index contributed by atoms with van der Waals surface area (Å²) >= 11 is 1.66. The summed E-state index contributed by atoms with van der Waals surface area (Å²) in [6.45, 7) is 7.17. The van der Waals surface area contributed by atoms with Crippen molar-refractivity contribution in [1.29, 1.82) is 0 Å². The quantitative estimate of drug-likeness (QED) is 0.421. The summed E-state index contributed by atoms with van der Waals surface area (Å²) in [4.78, 5) is 4.61. The van der Waals surface area contributed by atoms with Crippen LogP contribution in [-0.2, 0) is 25.9 Å². The molecule has 0 amide bonds. The standard InChI is InChI=1S/C18H25FN6S/c1-5-8-20-18(22-11-17-24-23-13(2)25(17)3)21-10-14-6-7-16(19)9-15(14)12-26-4/h5-7,9H,1,8,10-12H2,2-4H3,(H2,20,21,22).